The van der Waals surface area contributed by atoms with Gasteiger partial charge in [0.15, 0.2) is 0 Å². The first kappa shape index (κ1) is 14.8. The van der Waals surface area contributed by atoms with Crippen molar-refractivity contribution >= 4 is 17.3 Å². The van der Waals surface area contributed by atoms with Gasteiger partial charge in [0.2, 0.25) is 5.95 Å². The number of nitrogens with zero attached hydrogens (tertiary/aromatic N) is 3. The van der Waals surface area contributed by atoms with Crippen molar-refractivity contribution in [2.24, 2.45) is 0 Å². The summed E-state index contributed by atoms with van der Waals surface area (Å²) in [6, 6.07) is 9.16. The highest BCUT2D eigenvalue weighted by Gasteiger charge is 2.17. The van der Waals surface area contributed by atoms with Crippen molar-refractivity contribution in [1.29, 1.82) is 0 Å². The number of piperidine rings is 1. The van der Waals surface area contributed by atoms with Gasteiger partial charge in [0, 0.05) is 42.9 Å². The maximum Gasteiger partial charge on any atom is 0.227 e. The number of aromatic nitrogens is 2. The summed E-state index contributed by atoms with van der Waals surface area (Å²) in [5.41, 5.74) is 3.36. The minimum Gasteiger partial charge on any atom is -0.371 e. The van der Waals surface area contributed by atoms with Gasteiger partial charge < -0.3 is 15.5 Å². The average Bonchev–Trinajstić information content (AvgIpc) is 2.58. The van der Waals surface area contributed by atoms with E-state index < -0.39 is 0 Å². The molecular formula is C17H23N5. The number of benzene rings is 1. The second-order valence-electron chi connectivity index (χ2n) is 5.81. The van der Waals surface area contributed by atoms with E-state index in [1.54, 1.807) is 0 Å². The molecule has 2 heterocycles. The third kappa shape index (κ3) is 3.54. The second kappa shape index (κ2) is 6.75. The normalized spacial score (nSPS) is 15.8. The minimum atomic E-state index is 0.633. The third-order valence-electron chi connectivity index (χ3n) is 4.17. The maximum atomic E-state index is 4.26. The molecule has 1 aliphatic heterocycles. The van der Waals surface area contributed by atoms with Crippen LogP contribution in [0.15, 0.2) is 36.7 Å². The van der Waals surface area contributed by atoms with Gasteiger partial charge in [0.05, 0.1) is 0 Å². The number of hydrogen-bond acceptors (Lipinski definition) is 5. The molecule has 0 atom stereocenters. The number of rotatable bonds is 4. The highest BCUT2D eigenvalue weighted by molar-refractivity contribution is 5.59. The molecule has 2 aromatic rings. The molecule has 0 amide bonds. The summed E-state index contributed by atoms with van der Waals surface area (Å²) < 4.78 is 0. The predicted molar refractivity (Wildman–Crippen MR) is 90.8 cm³/mol. The molecule has 1 fully saturated rings. The molecule has 1 saturated heterocycles. The smallest absolute Gasteiger partial charge is 0.227 e. The Morgan fingerprint density at radius 2 is 1.68 bits per heavy atom. The van der Waals surface area contributed by atoms with E-state index in [0.717, 1.165) is 24.3 Å². The quantitative estimate of drug-likeness (QED) is 0.909. The van der Waals surface area contributed by atoms with Crippen molar-refractivity contribution in [2.75, 3.05) is 30.4 Å². The molecular weight excluding hydrogens is 274 g/mol. The van der Waals surface area contributed by atoms with Crippen LogP contribution in [0.5, 0.6) is 0 Å². The van der Waals surface area contributed by atoms with Crippen molar-refractivity contribution in [3.8, 4) is 0 Å². The summed E-state index contributed by atoms with van der Waals surface area (Å²) in [5.74, 6) is 0.633. The highest BCUT2D eigenvalue weighted by Crippen LogP contribution is 2.23. The van der Waals surface area contributed by atoms with Gasteiger partial charge in [-0.3, -0.25) is 0 Å². The average molecular weight is 297 g/mol. The largest absolute Gasteiger partial charge is 0.371 e. The number of aryl methyl sites for hydroxylation is 1. The standard InChI is InChI=1S/C17H23N5/c1-13-11-19-17(20-12-13)21-15-3-5-16(6-4-15)22-9-7-14(18-2)8-10-22/h3-6,11-12,14,18H,7-10H2,1-2H3,(H,19,20,21). The summed E-state index contributed by atoms with van der Waals surface area (Å²) in [5, 5.41) is 6.59. The molecule has 0 bridgehead atoms. The van der Waals surface area contributed by atoms with Crippen LogP contribution in [0.1, 0.15) is 18.4 Å². The molecule has 3 rings (SSSR count). The van der Waals surface area contributed by atoms with Crippen molar-refractivity contribution in [3.63, 3.8) is 0 Å². The Labute approximate surface area is 131 Å². The first-order valence-electron chi connectivity index (χ1n) is 7.82. The Kier molecular flexibility index (Phi) is 4.53. The van der Waals surface area contributed by atoms with E-state index in [1.165, 1.54) is 18.5 Å². The Morgan fingerprint density at radius 3 is 2.27 bits per heavy atom. The summed E-state index contributed by atoms with van der Waals surface area (Å²) >= 11 is 0. The lowest BCUT2D eigenvalue weighted by molar-refractivity contribution is 0.442. The van der Waals surface area contributed by atoms with Crippen molar-refractivity contribution in [3.05, 3.63) is 42.2 Å². The lowest BCUT2D eigenvalue weighted by atomic mass is 10.0. The van der Waals surface area contributed by atoms with Gasteiger partial charge in [0.1, 0.15) is 0 Å². The zero-order valence-electron chi connectivity index (χ0n) is 13.2. The minimum absolute atomic E-state index is 0.633. The van der Waals surface area contributed by atoms with Gasteiger partial charge in [-0.2, -0.15) is 0 Å². The van der Waals surface area contributed by atoms with Crippen LogP contribution in [0.3, 0.4) is 0 Å². The van der Waals surface area contributed by atoms with E-state index in [2.05, 4.69) is 49.8 Å². The Balaban J connectivity index is 1.62. The van der Waals surface area contributed by atoms with Crippen LogP contribution < -0.4 is 15.5 Å². The topological polar surface area (TPSA) is 53.1 Å². The maximum absolute atomic E-state index is 4.26. The summed E-state index contributed by atoms with van der Waals surface area (Å²) in [4.78, 5) is 11.0. The molecule has 2 N–H and O–H groups in total. The van der Waals surface area contributed by atoms with Crippen LogP contribution >= 0.6 is 0 Å². The molecule has 1 aromatic carbocycles. The fourth-order valence-electron chi connectivity index (χ4n) is 2.77. The highest BCUT2D eigenvalue weighted by atomic mass is 15.1. The van der Waals surface area contributed by atoms with Crippen molar-refractivity contribution in [2.45, 2.75) is 25.8 Å². The van der Waals surface area contributed by atoms with E-state index in [-0.39, 0.29) is 0 Å². The molecule has 0 spiro atoms. The van der Waals surface area contributed by atoms with Gasteiger partial charge in [-0.15, -0.1) is 0 Å². The van der Waals surface area contributed by atoms with Crippen LogP contribution in [0.25, 0.3) is 0 Å². The summed E-state index contributed by atoms with van der Waals surface area (Å²) in [7, 11) is 2.05. The van der Waals surface area contributed by atoms with E-state index in [0.29, 0.717) is 12.0 Å². The first-order valence-corrected chi connectivity index (χ1v) is 7.82. The van der Waals surface area contributed by atoms with Crippen molar-refractivity contribution in [1.82, 2.24) is 15.3 Å². The fourth-order valence-corrected chi connectivity index (χ4v) is 2.77. The molecule has 0 radical (unpaired) electrons. The van der Waals surface area contributed by atoms with Crippen LogP contribution in [0.2, 0.25) is 0 Å². The molecule has 0 unspecified atom stereocenters. The Morgan fingerprint density at radius 1 is 1.05 bits per heavy atom. The first-order chi connectivity index (χ1) is 10.7. The Hall–Kier alpha value is -2.14. The van der Waals surface area contributed by atoms with E-state index in [1.807, 2.05) is 26.4 Å². The predicted octanol–water partition coefficient (Wildman–Crippen LogP) is 2.72. The number of hydrogen-bond donors (Lipinski definition) is 2. The summed E-state index contributed by atoms with van der Waals surface area (Å²) in [6.45, 7) is 4.20. The van der Waals surface area contributed by atoms with Crippen LogP contribution in [-0.4, -0.2) is 36.1 Å². The lowest BCUT2D eigenvalue weighted by Crippen LogP contribution is -2.41. The van der Waals surface area contributed by atoms with Crippen molar-refractivity contribution < 1.29 is 0 Å². The van der Waals surface area contributed by atoms with Gasteiger partial charge in [-0.05, 0) is 56.6 Å². The van der Waals surface area contributed by atoms with Crippen LogP contribution in [0, 0.1) is 6.92 Å². The zero-order chi connectivity index (χ0) is 15.4. The SMILES string of the molecule is CNC1CCN(c2ccc(Nc3ncc(C)cn3)cc2)CC1. The molecule has 1 aliphatic rings. The van der Waals surface area contributed by atoms with Gasteiger partial charge in [-0.1, -0.05) is 0 Å². The molecule has 0 saturated carbocycles. The molecule has 5 heteroatoms. The van der Waals surface area contributed by atoms with E-state index in [4.69, 9.17) is 0 Å². The van der Waals surface area contributed by atoms with Crippen LogP contribution in [-0.2, 0) is 0 Å². The lowest BCUT2D eigenvalue weighted by Gasteiger charge is -2.33. The fraction of sp³-hybridized carbons (Fsp3) is 0.412. The molecule has 22 heavy (non-hydrogen) atoms. The second-order valence-corrected chi connectivity index (χ2v) is 5.81. The third-order valence-corrected chi connectivity index (χ3v) is 4.17. The van der Waals surface area contributed by atoms with Gasteiger partial charge >= 0.3 is 0 Å². The Bertz CT molecular complexity index is 585. The number of anilines is 3. The van der Waals surface area contributed by atoms with E-state index >= 15 is 0 Å². The summed E-state index contributed by atoms with van der Waals surface area (Å²) in [6.07, 6.45) is 6.03. The molecule has 5 nitrogen and oxygen atoms in total. The van der Waals surface area contributed by atoms with Gasteiger partial charge in [-0.25, -0.2) is 9.97 Å². The molecule has 0 aliphatic carbocycles. The van der Waals surface area contributed by atoms with Crippen LogP contribution in [0.4, 0.5) is 17.3 Å². The monoisotopic (exact) mass is 297 g/mol. The zero-order valence-corrected chi connectivity index (χ0v) is 13.2. The number of nitrogens with one attached hydrogen (secondary N) is 2. The molecule has 116 valence electrons. The molecule has 1 aromatic heterocycles. The van der Waals surface area contributed by atoms with E-state index in [9.17, 15) is 0 Å². The van der Waals surface area contributed by atoms with Gasteiger partial charge in [0.25, 0.3) is 0 Å².